The summed E-state index contributed by atoms with van der Waals surface area (Å²) in [5.74, 6) is -1.31. The van der Waals surface area contributed by atoms with Crippen LogP contribution >= 0.6 is 0 Å². The molecule has 0 unspecified atom stereocenters. The van der Waals surface area contributed by atoms with Gasteiger partial charge in [0.2, 0.25) is 0 Å². The lowest BCUT2D eigenvalue weighted by Crippen LogP contribution is -2.26. The fourth-order valence-electron chi connectivity index (χ4n) is 1.22. The molecule has 0 saturated heterocycles. The van der Waals surface area contributed by atoms with Crippen LogP contribution in [-0.2, 0) is 10.9 Å². The SMILES string of the molecule is COC(=O)c1c(C(F)(F)F)cc(C)[nH]c1=O. The Hall–Kier alpha value is -1.79. The number of hydrogen-bond acceptors (Lipinski definition) is 3. The lowest BCUT2D eigenvalue weighted by Gasteiger charge is -2.11. The van der Waals surface area contributed by atoms with Crippen molar-refractivity contribution in [3.8, 4) is 0 Å². The normalized spacial score (nSPS) is 11.3. The first-order chi connectivity index (χ1) is 7.27. The summed E-state index contributed by atoms with van der Waals surface area (Å²) < 4.78 is 41.8. The zero-order chi connectivity index (χ0) is 12.5. The smallest absolute Gasteiger partial charge is 0.417 e. The highest BCUT2D eigenvalue weighted by atomic mass is 19.4. The van der Waals surface area contributed by atoms with E-state index in [-0.39, 0.29) is 5.69 Å². The van der Waals surface area contributed by atoms with Gasteiger partial charge in [-0.3, -0.25) is 4.79 Å². The molecule has 7 heteroatoms. The van der Waals surface area contributed by atoms with E-state index < -0.39 is 28.8 Å². The van der Waals surface area contributed by atoms with Crippen LogP contribution in [0.5, 0.6) is 0 Å². The van der Waals surface area contributed by atoms with Crippen LogP contribution in [0.1, 0.15) is 21.6 Å². The van der Waals surface area contributed by atoms with Crippen molar-refractivity contribution >= 4 is 5.97 Å². The lowest BCUT2D eigenvalue weighted by atomic mass is 10.1. The molecule has 0 aromatic carbocycles. The summed E-state index contributed by atoms with van der Waals surface area (Å²) in [4.78, 5) is 24.4. The van der Waals surface area contributed by atoms with Crippen LogP contribution in [0.2, 0.25) is 0 Å². The number of pyridine rings is 1. The highest BCUT2D eigenvalue weighted by Gasteiger charge is 2.37. The standard InChI is InChI=1S/C9H8F3NO3/c1-4-3-5(9(10,11)12)6(7(14)13-4)8(15)16-2/h3H,1-2H3,(H,13,14). The predicted molar refractivity (Wildman–Crippen MR) is 48.1 cm³/mol. The minimum Gasteiger partial charge on any atom is -0.465 e. The molecule has 0 amide bonds. The molecule has 0 bridgehead atoms. The van der Waals surface area contributed by atoms with Gasteiger partial charge in [-0.25, -0.2) is 4.79 Å². The Labute approximate surface area is 88.0 Å². The minimum absolute atomic E-state index is 0.0185. The number of hydrogen-bond donors (Lipinski definition) is 1. The first-order valence-electron chi connectivity index (χ1n) is 4.16. The summed E-state index contributed by atoms with van der Waals surface area (Å²) in [5.41, 5.74) is -3.41. The Morgan fingerprint density at radius 3 is 2.44 bits per heavy atom. The fourth-order valence-corrected chi connectivity index (χ4v) is 1.22. The van der Waals surface area contributed by atoms with Crippen molar-refractivity contribution in [1.29, 1.82) is 0 Å². The van der Waals surface area contributed by atoms with E-state index in [1.165, 1.54) is 6.92 Å². The molecule has 1 aromatic rings. The molecule has 1 aromatic heterocycles. The second kappa shape index (κ2) is 3.99. The molecule has 88 valence electrons. The molecule has 0 aliphatic carbocycles. The number of carbonyl (C=O) groups excluding carboxylic acids is 1. The van der Waals surface area contributed by atoms with E-state index in [9.17, 15) is 22.8 Å². The zero-order valence-electron chi connectivity index (χ0n) is 8.44. The van der Waals surface area contributed by atoms with E-state index in [1.807, 2.05) is 0 Å². The van der Waals surface area contributed by atoms with E-state index >= 15 is 0 Å². The number of halogens is 3. The molecule has 0 saturated carbocycles. The van der Waals surface area contributed by atoms with Gasteiger partial charge in [0, 0.05) is 5.69 Å². The minimum atomic E-state index is -4.78. The van der Waals surface area contributed by atoms with Crippen LogP contribution in [-0.4, -0.2) is 18.1 Å². The van der Waals surface area contributed by atoms with Crippen molar-refractivity contribution in [3.05, 3.63) is 33.2 Å². The van der Waals surface area contributed by atoms with Gasteiger partial charge in [0.15, 0.2) is 0 Å². The zero-order valence-corrected chi connectivity index (χ0v) is 8.44. The summed E-state index contributed by atoms with van der Waals surface area (Å²) in [6.45, 7) is 1.29. The molecule has 1 rings (SSSR count). The third-order valence-electron chi connectivity index (χ3n) is 1.86. The molecule has 16 heavy (non-hydrogen) atoms. The number of alkyl halides is 3. The molecule has 0 aliphatic heterocycles. The number of carbonyl (C=O) groups is 1. The summed E-state index contributed by atoms with van der Waals surface area (Å²) >= 11 is 0. The molecule has 0 radical (unpaired) electrons. The maximum Gasteiger partial charge on any atom is 0.417 e. The van der Waals surface area contributed by atoms with Crippen molar-refractivity contribution in [1.82, 2.24) is 4.98 Å². The van der Waals surface area contributed by atoms with E-state index in [1.54, 1.807) is 0 Å². The van der Waals surface area contributed by atoms with E-state index in [2.05, 4.69) is 9.72 Å². The number of nitrogens with one attached hydrogen (secondary N) is 1. The third-order valence-corrected chi connectivity index (χ3v) is 1.86. The number of esters is 1. The summed E-state index contributed by atoms with van der Waals surface area (Å²) in [5, 5.41) is 0. The average Bonchev–Trinajstić information content (AvgIpc) is 2.14. The van der Waals surface area contributed by atoms with Gasteiger partial charge in [-0.1, -0.05) is 0 Å². The van der Waals surface area contributed by atoms with Crippen molar-refractivity contribution < 1.29 is 22.7 Å². The maximum absolute atomic E-state index is 12.5. The maximum atomic E-state index is 12.5. The molecular weight excluding hydrogens is 227 g/mol. The number of aromatic amines is 1. The van der Waals surface area contributed by atoms with Crippen LogP contribution in [0, 0.1) is 6.92 Å². The van der Waals surface area contributed by atoms with Crippen LogP contribution < -0.4 is 5.56 Å². The second-order valence-corrected chi connectivity index (χ2v) is 3.06. The average molecular weight is 235 g/mol. The molecule has 0 atom stereocenters. The first-order valence-corrected chi connectivity index (χ1v) is 4.16. The van der Waals surface area contributed by atoms with Gasteiger partial charge in [-0.05, 0) is 13.0 Å². The summed E-state index contributed by atoms with van der Waals surface area (Å²) in [6.07, 6.45) is -4.78. The first kappa shape index (κ1) is 12.3. The fraction of sp³-hybridized carbons (Fsp3) is 0.333. The highest BCUT2D eigenvalue weighted by Crippen LogP contribution is 2.31. The Kier molecular flexibility index (Phi) is 3.06. The van der Waals surface area contributed by atoms with Gasteiger partial charge in [0.1, 0.15) is 5.56 Å². The largest absolute Gasteiger partial charge is 0.465 e. The molecule has 1 N–H and O–H groups in total. The topological polar surface area (TPSA) is 59.2 Å². The Morgan fingerprint density at radius 2 is 2.00 bits per heavy atom. The van der Waals surface area contributed by atoms with Crippen molar-refractivity contribution in [3.63, 3.8) is 0 Å². The van der Waals surface area contributed by atoms with Gasteiger partial charge in [-0.2, -0.15) is 13.2 Å². The molecule has 4 nitrogen and oxygen atoms in total. The van der Waals surface area contributed by atoms with Gasteiger partial charge < -0.3 is 9.72 Å². The van der Waals surface area contributed by atoms with Gasteiger partial charge in [-0.15, -0.1) is 0 Å². The highest BCUT2D eigenvalue weighted by molar-refractivity contribution is 5.90. The number of aromatic nitrogens is 1. The number of H-pyrrole nitrogens is 1. The van der Waals surface area contributed by atoms with Gasteiger partial charge >= 0.3 is 12.1 Å². The predicted octanol–water partition coefficient (Wildman–Crippen LogP) is 1.49. The van der Waals surface area contributed by atoms with Crippen LogP contribution in [0.3, 0.4) is 0 Å². The molecule has 1 heterocycles. The van der Waals surface area contributed by atoms with Crippen LogP contribution in [0.25, 0.3) is 0 Å². The Morgan fingerprint density at radius 1 is 1.44 bits per heavy atom. The Bertz CT molecular complexity index is 476. The third kappa shape index (κ3) is 2.23. The monoisotopic (exact) mass is 235 g/mol. The van der Waals surface area contributed by atoms with Gasteiger partial charge in [0.05, 0.1) is 12.7 Å². The van der Waals surface area contributed by atoms with Crippen LogP contribution in [0.4, 0.5) is 13.2 Å². The molecule has 0 aliphatic rings. The van der Waals surface area contributed by atoms with Crippen molar-refractivity contribution in [2.45, 2.75) is 13.1 Å². The van der Waals surface area contributed by atoms with Crippen molar-refractivity contribution in [2.24, 2.45) is 0 Å². The quantitative estimate of drug-likeness (QED) is 0.750. The number of aryl methyl sites for hydroxylation is 1. The van der Waals surface area contributed by atoms with Gasteiger partial charge in [0.25, 0.3) is 5.56 Å². The molecular formula is C9H8F3NO3. The van der Waals surface area contributed by atoms with E-state index in [0.29, 0.717) is 6.07 Å². The summed E-state index contributed by atoms with van der Waals surface area (Å²) in [6, 6.07) is 0.688. The number of rotatable bonds is 1. The van der Waals surface area contributed by atoms with Crippen LogP contribution in [0.15, 0.2) is 10.9 Å². The van der Waals surface area contributed by atoms with E-state index in [0.717, 1.165) is 7.11 Å². The Balaban J connectivity index is 3.58. The molecule has 0 fully saturated rings. The summed E-state index contributed by atoms with van der Waals surface area (Å²) in [7, 11) is 0.905. The number of methoxy groups -OCH3 is 1. The lowest BCUT2D eigenvalue weighted by molar-refractivity contribution is -0.138. The van der Waals surface area contributed by atoms with E-state index in [4.69, 9.17) is 0 Å². The van der Waals surface area contributed by atoms with Crippen molar-refractivity contribution in [2.75, 3.05) is 7.11 Å². The second-order valence-electron chi connectivity index (χ2n) is 3.06. The molecule has 0 spiro atoms. The number of ether oxygens (including phenoxy) is 1.